The molecule has 1 aliphatic carbocycles. The van der Waals surface area contributed by atoms with Crippen molar-refractivity contribution in [1.82, 2.24) is 5.32 Å². The van der Waals surface area contributed by atoms with Gasteiger partial charge in [0, 0.05) is 24.5 Å². The van der Waals surface area contributed by atoms with Gasteiger partial charge in [-0.2, -0.15) is 0 Å². The quantitative estimate of drug-likeness (QED) is 0.795. The highest BCUT2D eigenvalue weighted by atomic mass is 15.0. The highest BCUT2D eigenvalue weighted by Gasteiger charge is 2.31. The summed E-state index contributed by atoms with van der Waals surface area (Å²) in [4.78, 5) is 0. The minimum absolute atomic E-state index is 0.377. The molecule has 0 heterocycles. The van der Waals surface area contributed by atoms with E-state index in [4.69, 9.17) is 5.73 Å². The molecule has 1 saturated carbocycles. The van der Waals surface area contributed by atoms with Crippen LogP contribution in [0.5, 0.6) is 0 Å². The standard InChI is InChI=1S/C14H22N2/c1-14(8-5-9-14)16-11-13(10-15)12-6-3-2-4-7-12/h2-4,6-7,13,16H,5,8-11,15H2,1H3. The smallest absolute Gasteiger partial charge is 0.0153 e. The van der Waals surface area contributed by atoms with Crippen molar-refractivity contribution >= 4 is 0 Å². The van der Waals surface area contributed by atoms with Crippen LogP contribution in [0.15, 0.2) is 30.3 Å². The molecule has 1 aromatic rings. The SMILES string of the molecule is CC1(NCC(CN)c2ccccc2)CCC1. The van der Waals surface area contributed by atoms with E-state index in [1.165, 1.54) is 24.8 Å². The van der Waals surface area contributed by atoms with Gasteiger partial charge in [-0.3, -0.25) is 0 Å². The second-order valence-electron chi connectivity index (χ2n) is 5.14. The van der Waals surface area contributed by atoms with Crippen molar-refractivity contribution in [2.45, 2.75) is 37.6 Å². The molecule has 2 heteroatoms. The molecule has 0 aliphatic heterocycles. The van der Waals surface area contributed by atoms with Crippen molar-refractivity contribution in [3.8, 4) is 0 Å². The zero-order chi connectivity index (χ0) is 11.4. The first-order chi connectivity index (χ1) is 7.73. The third-order valence-electron chi connectivity index (χ3n) is 3.79. The van der Waals surface area contributed by atoms with Gasteiger partial charge in [-0.05, 0) is 31.7 Å². The third kappa shape index (κ3) is 2.63. The van der Waals surface area contributed by atoms with Crippen molar-refractivity contribution in [2.24, 2.45) is 5.73 Å². The second-order valence-corrected chi connectivity index (χ2v) is 5.14. The van der Waals surface area contributed by atoms with Gasteiger partial charge in [0.05, 0.1) is 0 Å². The Kier molecular flexibility index (Phi) is 3.62. The normalized spacial score (nSPS) is 20.1. The van der Waals surface area contributed by atoms with E-state index in [0.717, 1.165) is 6.54 Å². The zero-order valence-electron chi connectivity index (χ0n) is 10.1. The van der Waals surface area contributed by atoms with Gasteiger partial charge in [0.2, 0.25) is 0 Å². The molecular weight excluding hydrogens is 196 g/mol. The van der Waals surface area contributed by atoms with Crippen LogP contribution in [-0.4, -0.2) is 18.6 Å². The number of benzene rings is 1. The second kappa shape index (κ2) is 4.98. The van der Waals surface area contributed by atoms with Gasteiger partial charge in [-0.15, -0.1) is 0 Å². The summed E-state index contributed by atoms with van der Waals surface area (Å²) in [5.41, 5.74) is 7.58. The average molecular weight is 218 g/mol. The molecule has 1 atom stereocenters. The third-order valence-corrected chi connectivity index (χ3v) is 3.79. The maximum absolute atomic E-state index is 5.85. The molecule has 1 unspecified atom stereocenters. The van der Waals surface area contributed by atoms with Gasteiger partial charge >= 0.3 is 0 Å². The molecule has 0 saturated heterocycles. The highest BCUT2D eigenvalue weighted by Crippen LogP contribution is 2.31. The van der Waals surface area contributed by atoms with Gasteiger partial charge in [0.1, 0.15) is 0 Å². The maximum atomic E-state index is 5.85. The number of nitrogens with one attached hydrogen (secondary N) is 1. The van der Waals surface area contributed by atoms with Crippen LogP contribution < -0.4 is 11.1 Å². The van der Waals surface area contributed by atoms with Gasteiger partial charge in [0.25, 0.3) is 0 Å². The van der Waals surface area contributed by atoms with Crippen LogP contribution in [0, 0.1) is 0 Å². The van der Waals surface area contributed by atoms with Crippen molar-refractivity contribution in [3.63, 3.8) is 0 Å². The van der Waals surface area contributed by atoms with Gasteiger partial charge in [-0.1, -0.05) is 30.3 Å². The van der Waals surface area contributed by atoms with E-state index in [-0.39, 0.29) is 0 Å². The van der Waals surface area contributed by atoms with Gasteiger partial charge in [-0.25, -0.2) is 0 Å². The van der Waals surface area contributed by atoms with Crippen LogP contribution in [-0.2, 0) is 0 Å². The Labute approximate surface area is 98.2 Å². The van der Waals surface area contributed by atoms with E-state index >= 15 is 0 Å². The number of hydrogen-bond acceptors (Lipinski definition) is 2. The summed E-state index contributed by atoms with van der Waals surface area (Å²) in [5.74, 6) is 0.443. The first-order valence-electron chi connectivity index (χ1n) is 6.23. The number of hydrogen-bond donors (Lipinski definition) is 2. The Morgan fingerprint density at radius 1 is 1.31 bits per heavy atom. The molecule has 3 N–H and O–H groups in total. The molecule has 0 bridgehead atoms. The van der Waals surface area contributed by atoms with E-state index in [1.807, 2.05) is 0 Å². The summed E-state index contributed by atoms with van der Waals surface area (Å²) in [6, 6.07) is 10.6. The Balaban J connectivity index is 1.91. The largest absolute Gasteiger partial charge is 0.330 e. The van der Waals surface area contributed by atoms with Crippen molar-refractivity contribution in [2.75, 3.05) is 13.1 Å². The van der Waals surface area contributed by atoms with E-state index in [9.17, 15) is 0 Å². The van der Waals surface area contributed by atoms with Crippen LogP contribution >= 0.6 is 0 Å². The summed E-state index contributed by atoms with van der Waals surface area (Å²) < 4.78 is 0. The van der Waals surface area contributed by atoms with Crippen molar-refractivity contribution in [3.05, 3.63) is 35.9 Å². The Morgan fingerprint density at radius 3 is 2.50 bits per heavy atom. The fourth-order valence-corrected chi connectivity index (χ4v) is 2.32. The molecule has 16 heavy (non-hydrogen) atoms. The summed E-state index contributed by atoms with van der Waals surface area (Å²) in [6.07, 6.45) is 3.97. The van der Waals surface area contributed by atoms with Crippen molar-refractivity contribution < 1.29 is 0 Å². The first-order valence-corrected chi connectivity index (χ1v) is 6.23. The van der Waals surface area contributed by atoms with Crippen LogP contribution in [0.25, 0.3) is 0 Å². The van der Waals surface area contributed by atoms with Crippen LogP contribution in [0.1, 0.15) is 37.7 Å². The molecule has 0 spiro atoms. The molecule has 1 aliphatic rings. The molecule has 0 radical (unpaired) electrons. The van der Waals surface area contributed by atoms with E-state index in [0.29, 0.717) is 18.0 Å². The lowest BCUT2D eigenvalue weighted by atomic mass is 9.78. The molecule has 1 fully saturated rings. The van der Waals surface area contributed by atoms with E-state index < -0.39 is 0 Å². The Hall–Kier alpha value is -0.860. The van der Waals surface area contributed by atoms with Crippen LogP contribution in [0.2, 0.25) is 0 Å². The van der Waals surface area contributed by atoms with Gasteiger partial charge in [0.15, 0.2) is 0 Å². The minimum Gasteiger partial charge on any atom is -0.330 e. The van der Waals surface area contributed by atoms with Crippen molar-refractivity contribution in [1.29, 1.82) is 0 Å². The van der Waals surface area contributed by atoms with E-state index in [1.54, 1.807) is 0 Å². The maximum Gasteiger partial charge on any atom is 0.0153 e. The Bertz CT molecular complexity index is 317. The summed E-state index contributed by atoms with van der Waals surface area (Å²) in [6.45, 7) is 4.03. The van der Waals surface area contributed by atoms with Gasteiger partial charge < -0.3 is 11.1 Å². The summed E-state index contributed by atoms with van der Waals surface area (Å²) >= 11 is 0. The fraction of sp³-hybridized carbons (Fsp3) is 0.571. The predicted molar refractivity (Wildman–Crippen MR) is 68.5 cm³/mol. The minimum atomic E-state index is 0.377. The first kappa shape index (κ1) is 11.6. The number of rotatable bonds is 5. The number of nitrogens with two attached hydrogens (primary N) is 1. The lowest BCUT2D eigenvalue weighted by Crippen LogP contribution is -2.50. The molecule has 2 nitrogen and oxygen atoms in total. The fourth-order valence-electron chi connectivity index (χ4n) is 2.32. The zero-order valence-corrected chi connectivity index (χ0v) is 10.1. The molecule has 1 aromatic carbocycles. The molecule has 0 amide bonds. The van der Waals surface area contributed by atoms with Crippen LogP contribution in [0.4, 0.5) is 0 Å². The molecule has 0 aromatic heterocycles. The molecule has 88 valence electrons. The topological polar surface area (TPSA) is 38.0 Å². The average Bonchev–Trinajstić information content (AvgIpc) is 2.29. The molecular formula is C14H22N2. The summed E-state index contributed by atoms with van der Waals surface area (Å²) in [5, 5.41) is 3.66. The Morgan fingerprint density at radius 2 is 2.00 bits per heavy atom. The summed E-state index contributed by atoms with van der Waals surface area (Å²) in [7, 11) is 0. The lowest BCUT2D eigenvalue weighted by molar-refractivity contribution is 0.205. The van der Waals surface area contributed by atoms with E-state index in [2.05, 4.69) is 42.6 Å². The predicted octanol–water partition coefficient (Wildman–Crippen LogP) is 2.26. The molecule has 2 rings (SSSR count). The monoisotopic (exact) mass is 218 g/mol. The highest BCUT2D eigenvalue weighted by molar-refractivity contribution is 5.20. The lowest BCUT2D eigenvalue weighted by Gasteiger charge is -2.40. The van der Waals surface area contributed by atoms with Crippen LogP contribution in [0.3, 0.4) is 0 Å².